The van der Waals surface area contributed by atoms with Gasteiger partial charge in [-0.1, -0.05) is 17.2 Å². The summed E-state index contributed by atoms with van der Waals surface area (Å²) in [4.78, 5) is 15.4. The lowest BCUT2D eigenvalue weighted by atomic mass is 10.1. The molecule has 1 aromatic carbocycles. The summed E-state index contributed by atoms with van der Waals surface area (Å²) >= 11 is -0.925. The van der Waals surface area contributed by atoms with Crippen LogP contribution in [0.5, 0.6) is 0 Å². The maximum atomic E-state index is 14.0. The first-order valence-electron chi connectivity index (χ1n) is 8.91. The molecule has 1 aliphatic rings. The van der Waals surface area contributed by atoms with Gasteiger partial charge in [0.1, 0.15) is 28.9 Å². The van der Waals surface area contributed by atoms with Crippen LogP contribution in [0.2, 0.25) is 0 Å². The number of allylic oxidation sites excluding steroid dienone is 1. The smallest absolute Gasteiger partial charge is 0.432 e. The molecule has 1 aliphatic heterocycles. The lowest BCUT2D eigenvalue weighted by Gasteiger charge is -2.31. The van der Waals surface area contributed by atoms with Crippen molar-refractivity contribution < 1.29 is 31.3 Å². The minimum absolute atomic E-state index is 0.0763. The van der Waals surface area contributed by atoms with E-state index in [1.807, 2.05) is 4.90 Å². The first-order chi connectivity index (χ1) is 14.0. The van der Waals surface area contributed by atoms with Gasteiger partial charge < -0.3 is 15.2 Å². The maximum Gasteiger partial charge on any atom is 0.432 e. The zero-order valence-corrected chi connectivity index (χ0v) is 16.7. The van der Waals surface area contributed by atoms with Gasteiger partial charge in [-0.25, -0.2) is 8.78 Å². The number of carbonyl (C=O) groups excluding carboxylic acids is 1. The molecular weight excluding hydrogens is 431 g/mol. The number of hydrogen-bond donors (Lipinski definition) is 2. The summed E-state index contributed by atoms with van der Waals surface area (Å²) in [7, 11) is 0. The molecule has 1 fully saturated rings. The Morgan fingerprint density at radius 2 is 1.83 bits per heavy atom. The molecule has 12 heteroatoms. The minimum Gasteiger partial charge on any atom is -0.616 e. The van der Waals surface area contributed by atoms with Crippen LogP contribution in [-0.2, 0) is 22.5 Å². The average molecular weight is 452 g/mol. The van der Waals surface area contributed by atoms with Crippen LogP contribution in [0.4, 0.5) is 22.0 Å². The lowest BCUT2D eigenvalue weighted by molar-refractivity contribution is -0.128. The molecule has 6 nitrogen and oxygen atoms in total. The van der Waals surface area contributed by atoms with Crippen LogP contribution in [0.15, 0.2) is 30.0 Å². The van der Waals surface area contributed by atoms with Gasteiger partial charge >= 0.3 is 6.18 Å². The lowest BCUT2D eigenvalue weighted by Crippen LogP contribution is -2.45. The average Bonchev–Trinajstić information content (AvgIpc) is 2.67. The van der Waals surface area contributed by atoms with E-state index < -0.39 is 58.4 Å². The number of halogens is 5. The Morgan fingerprint density at radius 3 is 2.37 bits per heavy atom. The maximum absolute atomic E-state index is 14.0. The van der Waals surface area contributed by atoms with Gasteiger partial charge in [0.15, 0.2) is 0 Å². The number of rotatable bonds is 7. The van der Waals surface area contributed by atoms with Crippen molar-refractivity contribution in [1.82, 2.24) is 9.80 Å². The highest BCUT2D eigenvalue weighted by molar-refractivity contribution is 7.91. The summed E-state index contributed by atoms with van der Waals surface area (Å²) in [6.45, 7) is 0.612. The monoisotopic (exact) mass is 452 g/mol. The van der Waals surface area contributed by atoms with Crippen LogP contribution in [0.3, 0.4) is 0 Å². The second-order valence-electron chi connectivity index (χ2n) is 6.63. The van der Waals surface area contributed by atoms with Crippen molar-refractivity contribution in [2.45, 2.75) is 12.7 Å². The van der Waals surface area contributed by atoms with E-state index in [0.29, 0.717) is 24.6 Å². The summed E-state index contributed by atoms with van der Waals surface area (Å²) < 4.78 is 77.2. The largest absolute Gasteiger partial charge is 0.616 e. The molecule has 3 N–H and O–H groups in total. The molecule has 1 amide bonds. The summed E-state index contributed by atoms with van der Waals surface area (Å²) in [6.07, 6.45) is -4.81. The number of amides is 1. The molecule has 0 radical (unpaired) electrons. The fourth-order valence-corrected chi connectivity index (χ4v) is 3.90. The molecule has 2 rings (SSSR count). The Hall–Kier alpha value is -2.18. The number of nitrogens with zero attached hydrogens (tertiary/aromatic N) is 2. The fraction of sp³-hybridized carbons (Fsp3) is 0.444. The highest BCUT2D eigenvalue weighted by Crippen LogP contribution is 2.19. The molecule has 0 aliphatic carbocycles. The molecular formula is C18H21F5N4O2S. The van der Waals surface area contributed by atoms with Crippen molar-refractivity contribution in [3.8, 4) is 0 Å². The molecule has 1 saturated heterocycles. The quantitative estimate of drug-likeness (QED) is 0.285. The molecule has 1 aromatic rings. The van der Waals surface area contributed by atoms with Gasteiger partial charge in [-0.3, -0.25) is 15.1 Å². The summed E-state index contributed by atoms with van der Waals surface area (Å²) in [6, 6.07) is 3.15. The molecule has 1 heterocycles. The topological polar surface area (TPSA) is 96.5 Å². The van der Waals surface area contributed by atoms with Crippen molar-refractivity contribution in [2.24, 2.45) is 5.73 Å². The number of alkyl halides is 3. The molecule has 30 heavy (non-hydrogen) atoms. The number of nitrogens with two attached hydrogens (primary N) is 1. The molecule has 0 atom stereocenters. The van der Waals surface area contributed by atoms with Gasteiger partial charge in [0.05, 0.1) is 12.2 Å². The van der Waals surface area contributed by atoms with Crippen molar-refractivity contribution >= 4 is 22.8 Å². The number of nitrogens with one attached hydrogen (secondary N) is 1. The van der Waals surface area contributed by atoms with Crippen molar-refractivity contribution in [1.29, 1.82) is 5.41 Å². The van der Waals surface area contributed by atoms with Crippen molar-refractivity contribution in [3.05, 3.63) is 47.2 Å². The van der Waals surface area contributed by atoms with E-state index in [1.165, 1.54) is 0 Å². The van der Waals surface area contributed by atoms with E-state index in [0.717, 1.165) is 23.1 Å². The molecule has 0 spiro atoms. The fourth-order valence-electron chi connectivity index (χ4n) is 2.77. The van der Waals surface area contributed by atoms with Crippen LogP contribution in [-0.4, -0.2) is 69.8 Å². The first-order valence-corrected chi connectivity index (χ1v) is 10.4. The second kappa shape index (κ2) is 10.2. The molecule has 0 bridgehead atoms. The van der Waals surface area contributed by atoms with E-state index in [-0.39, 0.29) is 19.2 Å². The van der Waals surface area contributed by atoms with Gasteiger partial charge in [-0.2, -0.15) is 13.2 Å². The third-order valence-electron chi connectivity index (χ3n) is 4.51. The van der Waals surface area contributed by atoms with Crippen molar-refractivity contribution in [2.75, 3.05) is 37.7 Å². The van der Waals surface area contributed by atoms with Gasteiger partial charge in [-0.15, -0.1) is 0 Å². The summed E-state index contributed by atoms with van der Waals surface area (Å²) in [5, 5.41) is 6.97. The first kappa shape index (κ1) is 24.1. The van der Waals surface area contributed by atoms with Crippen LogP contribution in [0.1, 0.15) is 5.56 Å². The van der Waals surface area contributed by atoms with Crippen LogP contribution in [0, 0.1) is 17.0 Å². The Balaban J connectivity index is 2.20. The third kappa shape index (κ3) is 6.67. The van der Waals surface area contributed by atoms with Gasteiger partial charge in [0, 0.05) is 31.7 Å². The van der Waals surface area contributed by atoms with Crippen molar-refractivity contribution in [3.63, 3.8) is 0 Å². The molecule has 0 saturated carbocycles. The number of hydrogen-bond acceptors (Lipinski definition) is 5. The Morgan fingerprint density at radius 1 is 1.27 bits per heavy atom. The Bertz CT molecular complexity index is 790. The molecule has 0 unspecified atom stereocenters. The van der Waals surface area contributed by atoms with Gasteiger partial charge in [0.2, 0.25) is 0 Å². The van der Waals surface area contributed by atoms with E-state index >= 15 is 0 Å². The molecule has 0 aromatic heterocycles. The Labute approximate surface area is 173 Å². The van der Waals surface area contributed by atoms with E-state index in [9.17, 15) is 31.3 Å². The molecule has 166 valence electrons. The Kier molecular flexibility index (Phi) is 8.21. The standard InChI is InChI=1S/C18H21F5N4O2S/c19-13-2-1-3-14(20)12(13)11-27(5-4-26-6-8-30(29)9-7-26)17(28)15(24)10-16(25)18(21,22)23/h1-3,10,25H,4-9,11,24H2/b15-10-,25-16?. The van der Waals surface area contributed by atoms with Crippen LogP contribution < -0.4 is 5.73 Å². The SMILES string of the molecule is N=C(/C=C(\N)C(=O)N(CCN1CC[S+]([O-])CC1)Cc1c(F)cccc1F)C(F)(F)F. The van der Waals surface area contributed by atoms with E-state index in [1.54, 1.807) is 0 Å². The third-order valence-corrected chi connectivity index (χ3v) is 5.78. The van der Waals surface area contributed by atoms with Gasteiger partial charge in [0.25, 0.3) is 5.91 Å². The minimum atomic E-state index is -4.99. The zero-order chi connectivity index (χ0) is 22.5. The number of carbonyl (C=O) groups is 1. The van der Waals surface area contributed by atoms with E-state index in [4.69, 9.17) is 11.1 Å². The van der Waals surface area contributed by atoms with Crippen LogP contribution >= 0.6 is 0 Å². The predicted molar refractivity (Wildman–Crippen MR) is 102 cm³/mol. The highest BCUT2D eigenvalue weighted by atomic mass is 32.2. The van der Waals surface area contributed by atoms with Crippen LogP contribution in [0.25, 0.3) is 0 Å². The van der Waals surface area contributed by atoms with E-state index in [2.05, 4.69) is 0 Å². The summed E-state index contributed by atoms with van der Waals surface area (Å²) in [5.41, 5.74) is 2.35. The second-order valence-corrected chi connectivity index (χ2v) is 8.32. The zero-order valence-electron chi connectivity index (χ0n) is 15.8. The highest BCUT2D eigenvalue weighted by Gasteiger charge is 2.34. The number of benzene rings is 1. The predicted octanol–water partition coefficient (Wildman–Crippen LogP) is 1.78. The summed E-state index contributed by atoms with van der Waals surface area (Å²) in [5.74, 6) is -2.01. The van der Waals surface area contributed by atoms with Gasteiger partial charge in [-0.05, 0) is 18.2 Å². The normalized spacial score (nSPS) is 16.5.